The van der Waals surface area contributed by atoms with E-state index in [9.17, 15) is 0 Å². The first kappa shape index (κ1) is 13.2. The molecule has 4 heteroatoms. The van der Waals surface area contributed by atoms with Crippen LogP contribution in [0.4, 0.5) is 0 Å². The minimum Gasteiger partial charge on any atom is -0.490 e. The minimum atomic E-state index is 0.733. The van der Waals surface area contributed by atoms with Crippen LogP contribution >= 0.6 is 0 Å². The van der Waals surface area contributed by atoms with Gasteiger partial charge in [-0.1, -0.05) is 12.1 Å². The summed E-state index contributed by atoms with van der Waals surface area (Å²) in [5, 5.41) is 3.42. The molecule has 0 atom stereocenters. The molecule has 3 N–H and O–H groups in total. The van der Waals surface area contributed by atoms with Crippen LogP contribution in [0.1, 0.15) is 24.8 Å². The molecular formula is C14H22N2O2. The summed E-state index contributed by atoms with van der Waals surface area (Å²) in [6, 6.07) is 6.08. The number of hydrogen-bond donors (Lipinski definition) is 2. The zero-order valence-corrected chi connectivity index (χ0v) is 10.8. The smallest absolute Gasteiger partial charge is 0.165 e. The number of fused-ring (bicyclic) bond motifs is 1. The Kier molecular flexibility index (Phi) is 5.30. The second-order valence-electron chi connectivity index (χ2n) is 4.47. The van der Waals surface area contributed by atoms with Crippen molar-refractivity contribution in [3.8, 4) is 11.5 Å². The van der Waals surface area contributed by atoms with Crippen molar-refractivity contribution in [1.82, 2.24) is 5.32 Å². The van der Waals surface area contributed by atoms with Gasteiger partial charge in [0.2, 0.25) is 0 Å². The number of benzene rings is 1. The average molecular weight is 250 g/mol. The van der Waals surface area contributed by atoms with Gasteiger partial charge in [-0.25, -0.2) is 0 Å². The van der Waals surface area contributed by atoms with Crippen LogP contribution in [-0.4, -0.2) is 26.3 Å². The topological polar surface area (TPSA) is 56.5 Å². The van der Waals surface area contributed by atoms with Gasteiger partial charge in [-0.05, 0) is 32.0 Å². The van der Waals surface area contributed by atoms with Gasteiger partial charge in [-0.15, -0.1) is 0 Å². The average Bonchev–Trinajstić information content (AvgIpc) is 2.64. The van der Waals surface area contributed by atoms with Crippen molar-refractivity contribution in [2.24, 2.45) is 5.73 Å². The molecule has 0 radical (unpaired) electrons. The van der Waals surface area contributed by atoms with Gasteiger partial charge < -0.3 is 20.5 Å². The highest BCUT2D eigenvalue weighted by Crippen LogP contribution is 2.32. The van der Waals surface area contributed by atoms with Crippen LogP contribution in [0.25, 0.3) is 0 Å². The van der Waals surface area contributed by atoms with Crippen LogP contribution in [0.3, 0.4) is 0 Å². The van der Waals surface area contributed by atoms with Crippen LogP contribution < -0.4 is 20.5 Å². The molecule has 0 fully saturated rings. The standard InChI is InChI=1S/C14H22N2O2/c15-7-1-2-8-16-11-12-5-3-6-13-14(12)18-10-4-9-17-13/h3,5-6,16H,1-2,4,7-11,15H2. The largest absolute Gasteiger partial charge is 0.490 e. The third kappa shape index (κ3) is 3.62. The van der Waals surface area contributed by atoms with Crippen LogP contribution in [0.2, 0.25) is 0 Å². The molecule has 100 valence electrons. The van der Waals surface area contributed by atoms with Gasteiger partial charge >= 0.3 is 0 Å². The van der Waals surface area contributed by atoms with Gasteiger partial charge in [0.05, 0.1) is 13.2 Å². The van der Waals surface area contributed by atoms with Crippen molar-refractivity contribution < 1.29 is 9.47 Å². The summed E-state index contributed by atoms with van der Waals surface area (Å²) in [7, 11) is 0. The fourth-order valence-electron chi connectivity index (χ4n) is 2.01. The van der Waals surface area contributed by atoms with Gasteiger partial charge in [0, 0.05) is 18.5 Å². The fraction of sp³-hybridized carbons (Fsp3) is 0.571. The molecule has 0 aromatic heterocycles. The number of rotatable bonds is 6. The molecular weight excluding hydrogens is 228 g/mol. The maximum Gasteiger partial charge on any atom is 0.165 e. The maximum atomic E-state index is 5.77. The van der Waals surface area contributed by atoms with Crippen LogP contribution in [0, 0.1) is 0 Å². The Bertz CT molecular complexity index is 369. The molecule has 0 bridgehead atoms. The van der Waals surface area contributed by atoms with E-state index in [0.717, 1.165) is 63.6 Å². The first-order valence-corrected chi connectivity index (χ1v) is 6.70. The highest BCUT2D eigenvalue weighted by Gasteiger charge is 2.13. The summed E-state index contributed by atoms with van der Waals surface area (Å²) in [5.74, 6) is 1.77. The Hall–Kier alpha value is -1.26. The van der Waals surface area contributed by atoms with Crippen LogP contribution in [0.15, 0.2) is 18.2 Å². The predicted octanol–water partition coefficient (Wildman–Crippen LogP) is 1.68. The number of nitrogens with two attached hydrogens (primary N) is 1. The zero-order valence-electron chi connectivity index (χ0n) is 10.8. The lowest BCUT2D eigenvalue weighted by atomic mass is 10.2. The van der Waals surface area contributed by atoms with Crippen molar-refractivity contribution in [2.45, 2.75) is 25.8 Å². The molecule has 0 saturated carbocycles. The normalized spacial score (nSPS) is 14.3. The fourth-order valence-corrected chi connectivity index (χ4v) is 2.01. The molecule has 0 aliphatic carbocycles. The van der Waals surface area contributed by atoms with Crippen molar-refractivity contribution in [3.63, 3.8) is 0 Å². The molecule has 0 amide bonds. The Labute approximate surface area is 108 Å². The maximum absolute atomic E-state index is 5.77. The first-order valence-electron chi connectivity index (χ1n) is 6.70. The van der Waals surface area contributed by atoms with Gasteiger partial charge in [-0.2, -0.15) is 0 Å². The molecule has 0 unspecified atom stereocenters. The van der Waals surface area contributed by atoms with E-state index < -0.39 is 0 Å². The molecule has 2 rings (SSSR count). The molecule has 0 spiro atoms. The summed E-state index contributed by atoms with van der Waals surface area (Å²) >= 11 is 0. The Morgan fingerprint density at radius 3 is 2.94 bits per heavy atom. The predicted molar refractivity (Wildman–Crippen MR) is 72.0 cm³/mol. The van der Waals surface area contributed by atoms with E-state index in [4.69, 9.17) is 15.2 Å². The molecule has 0 saturated heterocycles. The van der Waals surface area contributed by atoms with Crippen LogP contribution in [-0.2, 0) is 6.54 Å². The SMILES string of the molecule is NCCCCNCc1cccc2c1OCCCO2. The molecule has 18 heavy (non-hydrogen) atoms. The third-order valence-corrected chi connectivity index (χ3v) is 2.98. The second kappa shape index (κ2) is 7.24. The van der Waals surface area contributed by atoms with E-state index in [1.165, 1.54) is 5.56 Å². The first-order chi connectivity index (χ1) is 8.92. The van der Waals surface area contributed by atoms with E-state index >= 15 is 0 Å². The lowest BCUT2D eigenvalue weighted by molar-refractivity contribution is 0.296. The zero-order chi connectivity index (χ0) is 12.6. The van der Waals surface area contributed by atoms with Crippen LogP contribution in [0.5, 0.6) is 11.5 Å². The van der Waals surface area contributed by atoms with E-state index in [1.54, 1.807) is 0 Å². The van der Waals surface area contributed by atoms with E-state index in [1.807, 2.05) is 12.1 Å². The molecule has 1 aromatic carbocycles. The third-order valence-electron chi connectivity index (χ3n) is 2.98. The van der Waals surface area contributed by atoms with Crippen molar-refractivity contribution in [2.75, 3.05) is 26.3 Å². The van der Waals surface area contributed by atoms with E-state index in [0.29, 0.717) is 0 Å². The number of ether oxygens (including phenoxy) is 2. The van der Waals surface area contributed by atoms with Gasteiger partial charge in [0.25, 0.3) is 0 Å². The molecule has 4 nitrogen and oxygen atoms in total. The Balaban J connectivity index is 1.91. The summed E-state index contributed by atoms with van der Waals surface area (Å²) in [4.78, 5) is 0. The van der Waals surface area contributed by atoms with E-state index in [2.05, 4.69) is 11.4 Å². The minimum absolute atomic E-state index is 0.733. The van der Waals surface area contributed by atoms with Crippen molar-refractivity contribution in [1.29, 1.82) is 0 Å². The number of para-hydroxylation sites is 1. The van der Waals surface area contributed by atoms with Gasteiger partial charge in [0.1, 0.15) is 0 Å². The molecule has 1 aliphatic rings. The number of nitrogens with one attached hydrogen (secondary N) is 1. The Morgan fingerprint density at radius 2 is 2.06 bits per heavy atom. The summed E-state index contributed by atoms with van der Waals surface area (Å²) < 4.78 is 11.4. The second-order valence-corrected chi connectivity index (χ2v) is 4.47. The lowest BCUT2D eigenvalue weighted by Crippen LogP contribution is -2.16. The number of hydrogen-bond acceptors (Lipinski definition) is 4. The Morgan fingerprint density at radius 1 is 1.17 bits per heavy atom. The quantitative estimate of drug-likeness (QED) is 0.754. The monoisotopic (exact) mass is 250 g/mol. The highest BCUT2D eigenvalue weighted by molar-refractivity contribution is 5.46. The summed E-state index contributed by atoms with van der Waals surface area (Å²) in [5.41, 5.74) is 6.63. The molecule has 1 heterocycles. The van der Waals surface area contributed by atoms with Crippen molar-refractivity contribution >= 4 is 0 Å². The molecule has 1 aromatic rings. The summed E-state index contributed by atoms with van der Waals surface area (Å²) in [6.07, 6.45) is 3.13. The number of unbranched alkanes of at least 4 members (excludes halogenated alkanes) is 1. The van der Waals surface area contributed by atoms with Gasteiger partial charge in [-0.3, -0.25) is 0 Å². The van der Waals surface area contributed by atoms with Gasteiger partial charge in [0.15, 0.2) is 11.5 Å². The van der Waals surface area contributed by atoms with Crippen molar-refractivity contribution in [3.05, 3.63) is 23.8 Å². The highest BCUT2D eigenvalue weighted by atomic mass is 16.5. The molecule has 1 aliphatic heterocycles. The summed E-state index contributed by atoms with van der Waals surface area (Å²) in [6.45, 7) is 4.04. The van der Waals surface area contributed by atoms with E-state index in [-0.39, 0.29) is 0 Å². The lowest BCUT2D eigenvalue weighted by Gasteiger charge is -2.12.